The van der Waals surface area contributed by atoms with Gasteiger partial charge in [0.2, 0.25) is 11.8 Å². The maximum Gasteiger partial charge on any atom is 0.243 e. The lowest BCUT2D eigenvalue weighted by Gasteiger charge is -2.26. The molecule has 0 spiro atoms. The van der Waals surface area contributed by atoms with Gasteiger partial charge in [-0.25, -0.2) is 4.68 Å². The Morgan fingerprint density at radius 1 is 1.02 bits per heavy atom. The summed E-state index contributed by atoms with van der Waals surface area (Å²) in [5.74, 6) is -0.397. The highest BCUT2D eigenvalue weighted by atomic mass is 35.5. The first-order valence-electron chi connectivity index (χ1n) is 13.5. The summed E-state index contributed by atoms with van der Waals surface area (Å²) in [5, 5.41) is 15.4. The lowest BCUT2D eigenvalue weighted by atomic mass is 10.0. The Kier molecular flexibility index (Phi) is 8.74. The van der Waals surface area contributed by atoms with E-state index < -0.39 is 12.1 Å². The quantitative estimate of drug-likeness (QED) is 0.275. The minimum absolute atomic E-state index is 0.0485. The second-order valence-corrected chi connectivity index (χ2v) is 10.8. The van der Waals surface area contributed by atoms with Crippen LogP contribution in [0.1, 0.15) is 29.5 Å². The number of aromatic nitrogens is 3. The number of hydrogen-bond donors (Lipinski definition) is 3. The highest BCUT2D eigenvalue weighted by molar-refractivity contribution is 6.30. The summed E-state index contributed by atoms with van der Waals surface area (Å²) in [7, 11) is 1.84. The van der Waals surface area contributed by atoms with Crippen molar-refractivity contribution in [2.75, 3.05) is 6.54 Å². The molecule has 0 bridgehead atoms. The van der Waals surface area contributed by atoms with Crippen molar-refractivity contribution in [3.8, 4) is 0 Å². The van der Waals surface area contributed by atoms with Crippen molar-refractivity contribution in [1.29, 1.82) is 0 Å². The highest BCUT2D eigenvalue weighted by Gasteiger charge is 2.40. The van der Waals surface area contributed by atoms with Crippen LogP contribution in [0.2, 0.25) is 5.02 Å². The van der Waals surface area contributed by atoms with E-state index in [4.69, 9.17) is 17.3 Å². The molecule has 3 aromatic carbocycles. The fourth-order valence-corrected chi connectivity index (χ4v) is 5.27. The number of fused-ring (bicyclic) bond motifs is 1. The summed E-state index contributed by atoms with van der Waals surface area (Å²) in [4.78, 5) is 28.6. The molecule has 0 aliphatic carbocycles. The molecule has 4 N–H and O–H groups in total. The molecular weight excluding hydrogens is 526 g/mol. The number of carbonyl (C=O) groups excluding carboxylic acids is 2. The topological polar surface area (TPSA) is 118 Å². The number of amides is 2. The number of nitrogens with one attached hydrogen (secondary N) is 2. The normalized spacial score (nSPS) is 17.7. The highest BCUT2D eigenvalue weighted by Crippen LogP contribution is 2.22. The number of hydrogen-bond acceptors (Lipinski definition) is 6. The van der Waals surface area contributed by atoms with E-state index in [-0.39, 0.29) is 17.9 Å². The minimum Gasteiger partial charge on any atom is -0.350 e. The van der Waals surface area contributed by atoms with Gasteiger partial charge in [0.1, 0.15) is 11.6 Å². The third-order valence-electron chi connectivity index (χ3n) is 7.44. The van der Waals surface area contributed by atoms with Gasteiger partial charge >= 0.3 is 0 Å². The van der Waals surface area contributed by atoms with Crippen LogP contribution in [0.25, 0.3) is 11.0 Å². The summed E-state index contributed by atoms with van der Waals surface area (Å²) in [5.41, 5.74) is 11.2. The van der Waals surface area contributed by atoms with E-state index in [0.29, 0.717) is 43.9 Å². The van der Waals surface area contributed by atoms with Gasteiger partial charge in [0.25, 0.3) is 0 Å². The van der Waals surface area contributed by atoms with Gasteiger partial charge in [0.05, 0.1) is 11.6 Å². The molecule has 2 amide bonds. The van der Waals surface area contributed by atoms with Crippen molar-refractivity contribution in [2.24, 2.45) is 12.8 Å². The van der Waals surface area contributed by atoms with Gasteiger partial charge < -0.3 is 21.3 Å². The number of halogens is 1. The number of aryl methyl sites for hydroxylation is 2. The van der Waals surface area contributed by atoms with Gasteiger partial charge in [-0.05, 0) is 60.2 Å². The number of likely N-dealkylation sites (tertiary alicyclic amines) is 1. The Balaban J connectivity index is 1.25. The maximum atomic E-state index is 13.5. The summed E-state index contributed by atoms with van der Waals surface area (Å²) in [6.07, 6.45) is 1.70. The van der Waals surface area contributed by atoms with Crippen molar-refractivity contribution in [1.82, 2.24) is 30.5 Å². The minimum atomic E-state index is -0.690. The zero-order chi connectivity index (χ0) is 28.1. The molecule has 1 aliphatic heterocycles. The number of benzene rings is 3. The second kappa shape index (κ2) is 12.6. The molecule has 1 saturated heterocycles. The molecule has 5 rings (SSSR count). The van der Waals surface area contributed by atoms with Crippen LogP contribution in [0, 0.1) is 0 Å². The number of carbonyl (C=O) groups is 2. The fraction of sp³-hybridized carbons (Fsp3) is 0.333. The molecule has 208 valence electrons. The monoisotopic (exact) mass is 559 g/mol. The summed E-state index contributed by atoms with van der Waals surface area (Å²) < 4.78 is 1.71. The average Bonchev–Trinajstić information content (AvgIpc) is 3.58. The molecule has 0 radical (unpaired) electrons. The van der Waals surface area contributed by atoms with Gasteiger partial charge in [-0.3, -0.25) is 9.59 Å². The van der Waals surface area contributed by atoms with E-state index in [1.54, 1.807) is 9.58 Å². The molecule has 1 aliphatic rings. The Labute approximate surface area is 238 Å². The summed E-state index contributed by atoms with van der Waals surface area (Å²) in [6.45, 7) is 1.35. The summed E-state index contributed by atoms with van der Waals surface area (Å²) >= 11 is 6.02. The Morgan fingerprint density at radius 3 is 2.55 bits per heavy atom. The van der Waals surface area contributed by atoms with Gasteiger partial charge in [-0.2, -0.15) is 0 Å². The first-order chi connectivity index (χ1) is 19.4. The van der Waals surface area contributed by atoms with Crippen LogP contribution in [0.5, 0.6) is 0 Å². The first-order valence-corrected chi connectivity index (χ1v) is 13.9. The molecule has 40 heavy (non-hydrogen) atoms. The van der Waals surface area contributed by atoms with Crippen molar-refractivity contribution >= 4 is 34.4 Å². The van der Waals surface area contributed by atoms with Crippen LogP contribution in [0.3, 0.4) is 0 Å². The third kappa shape index (κ3) is 6.67. The molecule has 1 aromatic heterocycles. The van der Waals surface area contributed by atoms with Crippen LogP contribution >= 0.6 is 11.6 Å². The number of nitrogens with zero attached hydrogens (tertiary/aromatic N) is 4. The second-order valence-electron chi connectivity index (χ2n) is 10.3. The Bertz CT molecular complexity index is 1460. The molecule has 0 unspecified atom stereocenters. The molecule has 10 heteroatoms. The Morgan fingerprint density at radius 2 is 1.77 bits per heavy atom. The standard InChI is InChI=1S/C30H34ClN7O2/c1-37-27-14-10-22(15-26(27)35-36-37)18-34-29(39)28-16-24(33-17-21-7-11-23(31)12-8-21)19-38(28)30(40)25(32)13-9-20-5-3-2-4-6-20/h2-8,10-12,14-15,24-25,28,33H,9,13,16-19,32H2,1H3,(H,34,39)/t24-,25+,28-/m0/s1. The van der Waals surface area contributed by atoms with Crippen LogP contribution in [0.15, 0.2) is 72.8 Å². The van der Waals surface area contributed by atoms with E-state index in [2.05, 4.69) is 20.9 Å². The zero-order valence-corrected chi connectivity index (χ0v) is 23.2. The van der Waals surface area contributed by atoms with Crippen LogP contribution in [-0.4, -0.2) is 56.4 Å². The van der Waals surface area contributed by atoms with Gasteiger partial charge in [-0.1, -0.05) is 65.3 Å². The van der Waals surface area contributed by atoms with Gasteiger partial charge in [0, 0.05) is 37.7 Å². The lowest BCUT2D eigenvalue weighted by molar-refractivity contribution is -0.139. The molecule has 0 saturated carbocycles. The largest absolute Gasteiger partial charge is 0.350 e. The van der Waals surface area contributed by atoms with Crippen molar-refractivity contribution in [3.63, 3.8) is 0 Å². The van der Waals surface area contributed by atoms with Crippen molar-refractivity contribution in [3.05, 3.63) is 94.5 Å². The molecule has 4 aromatic rings. The van der Waals surface area contributed by atoms with Crippen LogP contribution < -0.4 is 16.4 Å². The van der Waals surface area contributed by atoms with E-state index >= 15 is 0 Å². The van der Waals surface area contributed by atoms with Gasteiger partial charge in [-0.15, -0.1) is 5.10 Å². The zero-order valence-electron chi connectivity index (χ0n) is 22.5. The fourth-order valence-electron chi connectivity index (χ4n) is 5.15. The van der Waals surface area contributed by atoms with Crippen LogP contribution in [0.4, 0.5) is 0 Å². The van der Waals surface area contributed by atoms with E-state index in [0.717, 1.165) is 27.7 Å². The first kappa shape index (κ1) is 27.8. The SMILES string of the molecule is Cn1nnc2cc(CNC(=O)[C@@H]3C[C@H](NCc4ccc(Cl)cc4)CN3C(=O)[C@H](N)CCc3ccccc3)ccc21. The maximum absolute atomic E-state index is 13.5. The predicted octanol–water partition coefficient (Wildman–Crippen LogP) is 2.96. The Hall–Kier alpha value is -3.79. The average molecular weight is 560 g/mol. The summed E-state index contributed by atoms with van der Waals surface area (Å²) in [6, 6.07) is 22.0. The molecule has 1 fully saturated rings. The van der Waals surface area contributed by atoms with Gasteiger partial charge in [0.15, 0.2) is 0 Å². The van der Waals surface area contributed by atoms with Crippen molar-refractivity contribution < 1.29 is 9.59 Å². The number of rotatable bonds is 10. The lowest BCUT2D eigenvalue weighted by Crippen LogP contribution is -2.51. The molecule has 9 nitrogen and oxygen atoms in total. The third-order valence-corrected chi connectivity index (χ3v) is 7.69. The molecular formula is C30H34ClN7O2. The number of nitrogens with two attached hydrogens (primary N) is 1. The smallest absolute Gasteiger partial charge is 0.243 e. The van der Waals surface area contributed by atoms with Crippen LogP contribution in [-0.2, 0) is 36.1 Å². The van der Waals surface area contributed by atoms with E-state index in [1.165, 1.54) is 0 Å². The van der Waals surface area contributed by atoms with Crippen molar-refractivity contribution in [2.45, 2.75) is 50.5 Å². The van der Waals surface area contributed by atoms with E-state index in [1.807, 2.05) is 79.8 Å². The predicted molar refractivity (Wildman–Crippen MR) is 155 cm³/mol. The molecule has 3 atom stereocenters. The molecule has 2 heterocycles. The van der Waals surface area contributed by atoms with E-state index in [9.17, 15) is 9.59 Å².